The Kier molecular flexibility index (Phi) is 5.35. The maximum absolute atomic E-state index is 12.5. The third kappa shape index (κ3) is 4.16. The first-order valence-electron chi connectivity index (χ1n) is 8.55. The summed E-state index contributed by atoms with van der Waals surface area (Å²) in [6.45, 7) is 3.33. The van der Waals surface area contributed by atoms with Crippen molar-refractivity contribution in [1.82, 2.24) is 14.8 Å². The molecule has 0 aliphatic heterocycles. The number of amides is 1. The van der Waals surface area contributed by atoms with Crippen LogP contribution >= 0.6 is 34.3 Å². The fourth-order valence-corrected chi connectivity index (χ4v) is 4.72. The molecule has 1 aromatic carbocycles. The number of fused-ring (bicyclic) bond motifs is 1. The molecule has 0 bridgehead atoms. The summed E-state index contributed by atoms with van der Waals surface area (Å²) >= 11 is 8.69. The van der Waals surface area contributed by atoms with E-state index in [-0.39, 0.29) is 12.5 Å². The van der Waals surface area contributed by atoms with E-state index in [4.69, 9.17) is 16.3 Å². The third-order valence-electron chi connectivity index (χ3n) is 3.98. The molecule has 1 N–H and O–H groups in total. The molecule has 0 aliphatic rings. The topological polar surface area (TPSA) is 86.1 Å². The SMILES string of the molecule is CC(=O)Nc1nc(COC(=O)c2cc3c(C)nn(-c4cccc(Cl)c4)c3s2)cs1. The molecule has 0 aliphatic carbocycles. The Morgan fingerprint density at radius 3 is 2.90 bits per heavy atom. The van der Waals surface area contributed by atoms with E-state index in [0.29, 0.717) is 20.7 Å². The maximum atomic E-state index is 12.5. The molecule has 7 nitrogen and oxygen atoms in total. The second kappa shape index (κ2) is 7.94. The van der Waals surface area contributed by atoms with E-state index < -0.39 is 5.97 Å². The van der Waals surface area contributed by atoms with Gasteiger partial charge < -0.3 is 10.1 Å². The standard InChI is InChI=1S/C19H15ClN4O3S2/c1-10-15-7-16(18(26)27-8-13-9-28-19(22-13)21-11(2)25)29-17(15)24(23-10)14-5-3-4-12(20)6-14/h3-7,9H,8H2,1-2H3,(H,21,22,25). The number of carbonyl (C=O) groups is 2. The van der Waals surface area contributed by atoms with Crippen molar-refractivity contribution >= 4 is 61.5 Å². The van der Waals surface area contributed by atoms with Crippen LogP contribution in [0.3, 0.4) is 0 Å². The molecule has 0 unspecified atom stereocenters. The summed E-state index contributed by atoms with van der Waals surface area (Å²) in [5.41, 5.74) is 2.22. The van der Waals surface area contributed by atoms with Crippen molar-refractivity contribution in [3.63, 3.8) is 0 Å². The van der Waals surface area contributed by atoms with Gasteiger partial charge in [-0.2, -0.15) is 5.10 Å². The van der Waals surface area contributed by atoms with Crippen LogP contribution in [0, 0.1) is 6.92 Å². The van der Waals surface area contributed by atoms with Crippen LogP contribution in [0.5, 0.6) is 0 Å². The minimum Gasteiger partial charge on any atom is -0.455 e. The van der Waals surface area contributed by atoms with Crippen LogP contribution in [0.2, 0.25) is 5.02 Å². The molecule has 0 spiro atoms. The molecular weight excluding hydrogens is 432 g/mol. The van der Waals surface area contributed by atoms with Gasteiger partial charge in [0.05, 0.1) is 17.1 Å². The van der Waals surface area contributed by atoms with E-state index in [0.717, 1.165) is 21.6 Å². The lowest BCUT2D eigenvalue weighted by molar-refractivity contribution is -0.114. The van der Waals surface area contributed by atoms with E-state index in [2.05, 4.69) is 15.4 Å². The minimum atomic E-state index is -0.433. The van der Waals surface area contributed by atoms with Crippen molar-refractivity contribution in [2.24, 2.45) is 0 Å². The first kappa shape index (κ1) is 19.6. The summed E-state index contributed by atoms with van der Waals surface area (Å²) in [6.07, 6.45) is 0. The van der Waals surface area contributed by atoms with E-state index in [1.807, 2.05) is 25.1 Å². The minimum absolute atomic E-state index is 0.0303. The second-order valence-electron chi connectivity index (χ2n) is 6.21. The van der Waals surface area contributed by atoms with Crippen molar-refractivity contribution in [2.75, 3.05) is 5.32 Å². The Morgan fingerprint density at radius 2 is 2.14 bits per heavy atom. The average Bonchev–Trinajstić information content (AvgIpc) is 3.36. The summed E-state index contributed by atoms with van der Waals surface area (Å²) in [7, 11) is 0. The number of halogens is 1. The molecule has 0 fully saturated rings. The summed E-state index contributed by atoms with van der Waals surface area (Å²) in [5, 5.41) is 10.9. The fraction of sp³-hybridized carbons (Fsp3) is 0.158. The quantitative estimate of drug-likeness (QED) is 0.444. The molecular formula is C19H15ClN4O3S2. The van der Waals surface area contributed by atoms with Gasteiger partial charge in [0.25, 0.3) is 0 Å². The van der Waals surface area contributed by atoms with Gasteiger partial charge in [-0.3, -0.25) is 4.79 Å². The maximum Gasteiger partial charge on any atom is 0.348 e. The molecule has 0 saturated carbocycles. The molecule has 0 saturated heterocycles. The molecule has 4 aromatic rings. The van der Waals surface area contributed by atoms with Crippen LogP contribution in [0.4, 0.5) is 5.13 Å². The van der Waals surface area contributed by atoms with Gasteiger partial charge in [-0.05, 0) is 31.2 Å². The zero-order valence-electron chi connectivity index (χ0n) is 15.4. The zero-order chi connectivity index (χ0) is 20.5. The Labute approximate surface area is 178 Å². The predicted octanol–water partition coefficient (Wildman–Crippen LogP) is 4.82. The number of anilines is 1. The van der Waals surface area contributed by atoms with E-state index in [1.165, 1.54) is 29.6 Å². The van der Waals surface area contributed by atoms with E-state index in [9.17, 15) is 9.59 Å². The first-order valence-corrected chi connectivity index (χ1v) is 10.6. The van der Waals surface area contributed by atoms with Crippen LogP contribution in [0.15, 0.2) is 35.7 Å². The number of benzene rings is 1. The Bertz CT molecular complexity index is 1230. The van der Waals surface area contributed by atoms with Crippen LogP contribution in [0.25, 0.3) is 15.9 Å². The number of esters is 1. The van der Waals surface area contributed by atoms with E-state index in [1.54, 1.807) is 22.2 Å². The molecule has 3 aromatic heterocycles. The predicted molar refractivity (Wildman–Crippen MR) is 114 cm³/mol. The summed E-state index contributed by atoms with van der Waals surface area (Å²) in [6, 6.07) is 9.16. The summed E-state index contributed by atoms with van der Waals surface area (Å²) in [5.74, 6) is -0.630. The van der Waals surface area contributed by atoms with Gasteiger partial charge in [-0.15, -0.1) is 22.7 Å². The summed E-state index contributed by atoms with van der Waals surface area (Å²) in [4.78, 5) is 29.1. The molecule has 4 rings (SSSR count). The lowest BCUT2D eigenvalue weighted by Crippen LogP contribution is -2.06. The van der Waals surface area contributed by atoms with Gasteiger partial charge in [0.1, 0.15) is 16.3 Å². The van der Waals surface area contributed by atoms with Crippen molar-refractivity contribution in [1.29, 1.82) is 0 Å². The number of aryl methyl sites for hydroxylation is 1. The Hall–Kier alpha value is -2.75. The molecule has 29 heavy (non-hydrogen) atoms. The van der Waals surface area contributed by atoms with Crippen LogP contribution in [-0.4, -0.2) is 26.6 Å². The molecule has 0 atom stereocenters. The number of nitrogens with one attached hydrogen (secondary N) is 1. The van der Waals surface area contributed by atoms with Crippen molar-refractivity contribution in [2.45, 2.75) is 20.5 Å². The smallest absolute Gasteiger partial charge is 0.348 e. The molecule has 10 heteroatoms. The van der Waals surface area contributed by atoms with Crippen LogP contribution in [0.1, 0.15) is 28.0 Å². The number of aromatic nitrogens is 3. The lowest BCUT2D eigenvalue weighted by atomic mass is 10.3. The van der Waals surface area contributed by atoms with Gasteiger partial charge in [0.15, 0.2) is 5.13 Å². The number of rotatable bonds is 5. The lowest BCUT2D eigenvalue weighted by Gasteiger charge is -2.03. The number of nitrogens with zero attached hydrogens (tertiary/aromatic N) is 3. The second-order valence-corrected chi connectivity index (χ2v) is 8.53. The van der Waals surface area contributed by atoms with Gasteiger partial charge >= 0.3 is 5.97 Å². The zero-order valence-corrected chi connectivity index (χ0v) is 17.8. The number of thiazole rings is 1. The van der Waals surface area contributed by atoms with Gasteiger partial charge in [0.2, 0.25) is 5.91 Å². The van der Waals surface area contributed by atoms with Gasteiger partial charge in [-0.1, -0.05) is 17.7 Å². The van der Waals surface area contributed by atoms with E-state index >= 15 is 0 Å². The van der Waals surface area contributed by atoms with Crippen LogP contribution < -0.4 is 5.32 Å². The van der Waals surface area contributed by atoms with Crippen molar-refractivity contribution < 1.29 is 14.3 Å². The highest BCUT2D eigenvalue weighted by atomic mass is 35.5. The first-order chi connectivity index (χ1) is 13.9. The van der Waals surface area contributed by atoms with Crippen molar-refractivity contribution in [3.05, 3.63) is 57.0 Å². The Morgan fingerprint density at radius 1 is 1.31 bits per heavy atom. The average molecular weight is 447 g/mol. The molecule has 1 amide bonds. The van der Waals surface area contributed by atoms with Crippen LogP contribution in [-0.2, 0) is 16.1 Å². The number of carbonyl (C=O) groups excluding carboxylic acids is 2. The molecule has 3 heterocycles. The largest absolute Gasteiger partial charge is 0.455 e. The number of ether oxygens (including phenoxy) is 1. The van der Waals surface area contributed by atoms with Crippen molar-refractivity contribution in [3.8, 4) is 5.69 Å². The highest BCUT2D eigenvalue weighted by Crippen LogP contribution is 2.31. The fourth-order valence-electron chi connectivity index (χ4n) is 2.72. The Balaban J connectivity index is 1.53. The normalized spacial score (nSPS) is 11.0. The molecule has 148 valence electrons. The highest BCUT2D eigenvalue weighted by Gasteiger charge is 2.18. The highest BCUT2D eigenvalue weighted by molar-refractivity contribution is 7.20. The van der Waals surface area contributed by atoms with Gasteiger partial charge in [-0.25, -0.2) is 14.5 Å². The summed E-state index contributed by atoms with van der Waals surface area (Å²) < 4.78 is 7.16. The monoisotopic (exact) mass is 446 g/mol. The number of hydrogen-bond donors (Lipinski definition) is 1. The number of thiophene rings is 1. The molecule has 0 radical (unpaired) electrons. The third-order valence-corrected chi connectivity index (χ3v) is 6.12. The number of hydrogen-bond acceptors (Lipinski definition) is 7. The van der Waals surface area contributed by atoms with Gasteiger partial charge in [0, 0.05) is 22.7 Å².